The molecule has 7 heteroatoms. The van der Waals surface area contributed by atoms with E-state index in [4.69, 9.17) is 4.52 Å². The third-order valence-corrected chi connectivity index (χ3v) is 7.09. The minimum absolute atomic E-state index is 0.0564. The summed E-state index contributed by atoms with van der Waals surface area (Å²) in [5.41, 5.74) is 4.00. The first-order valence-electron chi connectivity index (χ1n) is 9.92. The van der Waals surface area contributed by atoms with Crippen LogP contribution in [0.25, 0.3) is 11.1 Å². The molecule has 2 aliphatic rings. The van der Waals surface area contributed by atoms with E-state index in [9.17, 15) is 9.90 Å². The van der Waals surface area contributed by atoms with E-state index in [0.29, 0.717) is 18.8 Å². The number of nitrogens with zero attached hydrogens (tertiary/aromatic N) is 3. The number of aliphatic hydroxyl groups is 1. The molecular formula is C21H23N3O3S. The molecule has 1 saturated heterocycles. The quantitative estimate of drug-likeness (QED) is 0.729. The van der Waals surface area contributed by atoms with Gasteiger partial charge in [0.25, 0.3) is 11.6 Å². The molecule has 0 radical (unpaired) electrons. The third kappa shape index (κ3) is 2.84. The predicted molar refractivity (Wildman–Crippen MR) is 106 cm³/mol. The number of fused-ring (bicyclic) bond motifs is 2. The van der Waals surface area contributed by atoms with Gasteiger partial charge in [0.2, 0.25) is 0 Å². The van der Waals surface area contributed by atoms with E-state index in [-0.39, 0.29) is 11.8 Å². The van der Waals surface area contributed by atoms with Crippen LogP contribution in [0.1, 0.15) is 57.6 Å². The Morgan fingerprint density at radius 3 is 2.93 bits per heavy atom. The molecule has 3 aromatic rings. The number of hydrogen-bond donors (Lipinski definition) is 1. The van der Waals surface area contributed by atoms with E-state index >= 15 is 0 Å². The Kier molecular flexibility index (Phi) is 4.44. The first kappa shape index (κ1) is 17.8. The summed E-state index contributed by atoms with van der Waals surface area (Å²) in [6.45, 7) is 3.19. The van der Waals surface area contributed by atoms with Crippen molar-refractivity contribution in [1.82, 2.24) is 15.0 Å². The van der Waals surface area contributed by atoms with E-state index in [0.717, 1.165) is 64.9 Å². The van der Waals surface area contributed by atoms with Crippen molar-refractivity contribution < 1.29 is 14.4 Å². The maximum atomic E-state index is 13.5. The van der Waals surface area contributed by atoms with Gasteiger partial charge in [0.1, 0.15) is 0 Å². The largest absolute Gasteiger partial charge is 0.387 e. The Bertz CT molecular complexity index is 1020. The van der Waals surface area contributed by atoms with Crippen LogP contribution in [0.5, 0.6) is 0 Å². The second-order valence-corrected chi connectivity index (χ2v) is 8.78. The number of aromatic nitrogens is 2. The molecule has 0 aromatic carbocycles. The third-order valence-electron chi connectivity index (χ3n) is 6.14. The summed E-state index contributed by atoms with van der Waals surface area (Å²) in [5, 5.41) is 17.4. The lowest BCUT2D eigenvalue weighted by Gasteiger charge is -2.34. The van der Waals surface area contributed by atoms with Crippen molar-refractivity contribution in [1.29, 1.82) is 0 Å². The molecule has 6 nitrogen and oxygen atoms in total. The number of hydrogen-bond acceptors (Lipinski definition) is 6. The summed E-state index contributed by atoms with van der Waals surface area (Å²) in [4.78, 5) is 21.0. The van der Waals surface area contributed by atoms with Gasteiger partial charge < -0.3 is 14.5 Å². The first-order valence-corrected chi connectivity index (χ1v) is 10.8. The van der Waals surface area contributed by atoms with Crippen molar-refractivity contribution in [2.24, 2.45) is 5.92 Å². The van der Waals surface area contributed by atoms with E-state index in [1.54, 1.807) is 11.3 Å². The number of carbonyl (C=O) groups excluding carboxylic acids is 1. The molecule has 0 spiro atoms. The Morgan fingerprint density at radius 1 is 1.36 bits per heavy atom. The normalized spacial score (nSPS) is 18.6. The molecule has 1 fully saturated rings. The Balaban J connectivity index is 1.40. The van der Waals surface area contributed by atoms with Gasteiger partial charge in [-0.05, 0) is 62.0 Å². The maximum absolute atomic E-state index is 13.5. The lowest BCUT2D eigenvalue weighted by Crippen LogP contribution is -2.40. The second kappa shape index (κ2) is 6.97. The highest BCUT2D eigenvalue weighted by Gasteiger charge is 2.33. The molecular weight excluding hydrogens is 374 g/mol. The van der Waals surface area contributed by atoms with Crippen molar-refractivity contribution in [2.45, 2.75) is 45.1 Å². The highest BCUT2D eigenvalue weighted by atomic mass is 32.1. The summed E-state index contributed by atoms with van der Waals surface area (Å²) in [5.74, 6) is 0.254. The van der Waals surface area contributed by atoms with Crippen molar-refractivity contribution in [3.8, 4) is 0 Å². The Labute approximate surface area is 167 Å². The molecule has 0 saturated carbocycles. The smallest absolute Gasteiger partial charge is 0.259 e. The number of pyridine rings is 1. The van der Waals surface area contributed by atoms with Crippen LogP contribution in [0.2, 0.25) is 0 Å². The van der Waals surface area contributed by atoms with Crippen LogP contribution in [0.3, 0.4) is 0 Å². The maximum Gasteiger partial charge on any atom is 0.259 e. The first-order chi connectivity index (χ1) is 13.6. The summed E-state index contributed by atoms with van der Waals surface area (Å²) in [6, 6.07) is 3.96. The fraction of sp³-hybridized carbons (Fsp3) is 0.476. The van der Waals surface area contributed by atoms with E-state index in [2.05, 4.69) is 10.1 Å². The number of aryl methyl sites for hydroxylation is 2. The zero-order valence-electron chi connectivity index (χ0n) is 15.9. The fourth-order valence-electron chi connectivity index (χ4n) is 4.62. The van der Waals surface area contributed by atoms with Crippen molar-refractivity contribution in [3.05, 3.63) is 44.9 Å². The summed E-state index contributed by atoms with van der Waals surface area (Å²) in [7, 11) is 0. The number of amides is 1. The number of piperidine rings is 1. The standard InChI is InChI=1S/C21H23N3O3S/c1-12-17-18(14-4-2-5-15(14)22-20(17)27-23-12)21(26)24-9-7-13(8-10-24)19(25)16-6-3-11-28-16/h3,6,11,13,19,25H,2,4-5,7-10H2,1H3. The molecule has 5 rings (SSSR count). The van der Waals surface area contributed by atoms with Crippen LogP contribution < -0.4 is 0 Å². The van der Waals surface area contributed by atoms with Crippen molar-refractivity contribution >= 4 is 28.3 Å². The van der Waals surface area contributed by atoms with Crippen LogP contribution in [0.4, 0.5) is 0 Å². The number of thiophene rings is 1. The predicted octanol–water partition coefficient (Wildman–Crippen LogP) is 3.67. The molecule has 1 unspecified atom stereocenters. The van der Waals surface area contributed by atoms with E-state index in [1.807, 2.05) is 29.3 Å². The van der Waals surface area contributed by atoms with Gasteiger partial charge in [-0.15, -0.1) is 11.3 Å². The molecule has 1 aliphatic heterocycles. The summed E-state index contributed by atoms with van der Waals surface area (Å²) < 4.78 is 5.38. The van der Waals surface area contributed by atoms with E-state index in [1.165, 1.54) is 0 Å². The van der Waals surface area contributed by atoms with Crippen molar-refractivity contribution in [2.75, 3.05) is 13.1 Å². The zero-order chi connectivity index (χ0) is 19.3. The number of rotatable bonds is 3. The Hall–Kier alpha value is -2.25. The number of aliphatic hydroxyl groups excluding tert-OH is 1. The molecule has 146 valence electrons. The lowest BCUT2D eigenvalue weighted by molar-refractivity contribution is 0.0474. The van der Waals surface area contributed by atoms with Gasteiger partial charge in [0.15, 0.2) is 0 Å². The minimum atomic E-state index is -0.436. The molecule has 1 aliphatic carbocycles. The molecule has 1 N–H and O–H groups in total. The van der Waals surface area contributed by atoms with Crippen LogP contribution >= 0.6 is 11.3 Å². The molecule has 1 atom stereocenters. The Morgan fingerprint density at radius 2 is 2.18 bits per heavy atom. The lowest BCUT2D eigenvalue weighted by atomic mass is 9.89. The molecule has 0 bridgehead atoms. The van der Waals surface area contributed by atoms with Gasteiger partial charge in [-0.2, -0.15) is 0 Å². The van der Waals surface area contributed by atoms with E-state index < -0.39 is 6.10 Å². The SMILES string of the molecule is Cc1noc2nc3c(c(C(=O)N4CCC(C(O)c5cccs5)CC4)c12)CCC3. The fourth-order valence-corrected chi connectivity index (χ4v) is 5.42. The average Bonchev–Trinajstić information content (AvgIpc) is 3.47. The average molecular weight is 398 g/mol. The zero-order valence-corrected chi connectivity index (χ0v) is 16.7. The number of carbonyl (C=O) groups is 1. The van der Waals surface area contributed by atoms with Crippen LogP contribution in [0.15, 0.2) is 22.0 Å². The monoisotopic (exact) mass is 397 g/mol. The van der Waals surface area contributed by atoms with Gasteiger partial charge in [-0.3, -0.25) is 4.79 Å². The minimum Gasteiger partial charge on any atom is -0.387 e. The van der Waals surface area contributed by atoms with Gasteiger partial charge in [-0.25, -0.2) is 4.98 Å². The molecule has 4 heterocycles. The van der Waals surface area contributed by atoms with Gasteiger partial charge in [0.05, 0.1) is 22.7 Å². The van der Waals surface area contributed by atoms with Crippen LogP contribution in [-0.4, -0.2) is 39.1 Å². The van der Waals surface area contributed by atoms with Crippen LogP contribution in [-0.2, 0) is 12.8 Å². The van der Waals surface area contributed by atoms with Crippen LogP contribution in [0, 0.1) is 12.8 Å². The van der Waals surface area contributed by atoms with Gasteiger partial charge in [-0.1, -0.05) is 11.2 Å². The highest BCUT2D eigenvalue weighted by Crippen LogP contribution is 2.36. The second-order valence-electron chi connectivity index (χ2n) is 7.80. The number of likely N-dealkylation sites (tertiary alicyclic amines) is 1. The summed E-state index contributed by atoms with van der Waals surface area (Å²) in [6.07, 6.45) is 3.98. The molecule has 1 amide bonds. The van der Waals surface area contributed by atoms with Crippen molar-refractivity contribution in [3.63, 3.8) is 0 Å². The topological polar surface area (TPSA) is 79.5 Å². The highest BCUT2D eigenvalue weighted by molar-refractivity contribution is 7.10. The molecule has 3 aromatic heterocycles. The molecule has 28 heavy (non-hydrogen) atoms. The van der Waals surface area contributed by atoms with Gasteiger partial charge in [0, 0.05) is 23.7 Å². The summed E-state index contributed by atoms with van der Waals surface area (Å²) >= 11 is 1.59. The van der Waals surface area contributed by atoms with Gasteiger partial charge >= 0.3 is 0 Å².